The number of nitrogens with zero attached hydrogens (tertiary/aromatic N) is 3. The van der Waals surface area contributed by atoms with Crippen molar-refractivity contribution in [3.8, 4) is 0 Å². The van der Waals surface area contributed by atoms with Crippen LogP contribution in [0.3, 0.4) is 0 Å². The van der Waals surface area contributed by atoms with Crippen molar-refractivity contribution in [1.82, 2.24) is 15.0 Å². The maximum atomic E-state index is 13.4. The Morgan fingerprint density at radius 2 is 1.95 bits per heavy atom. The molecule has 1 amide bonds. The molecule has 2 aromatic carbocycles. The monoisotopic (exact) mass is 539 g/mol. The number of hydrogen-bond acceptors (Lipinski definition) is 6. The number of fused-ring (bicyclic) bond motifs is 1. The van der Waals surface area contributed by atoms with E-state index in [1.165, 1.54) is 12.2 Å². The summed E-state index contributed by atoms with van der Waals surface area (Å²) in [4.78, 5) is 42.2. The first-order valence-electron chi connectivity index (χ1n) is 13.6. The summed E-state index contributed by atoms with van der Waals surface area (Å²) >= 11 is 0. The number of hydrazone groups is 1. The highest BCUT2D eigenvalue weighted by molar-refractivity contribution is 6.15. The van der Waals surface area contributed by atoms with Gasteiger partial charge in [-0.25, -0.2) is 10.4 Å². The number of carbonyl (C=O) groups excluding carboxylic acids is 2. The van der Waals surface area contributed by atoms with Crippen LogP contribution in [0.5, 0.6) is 0 Å². The first-order valence-corrected chi connectivity index (χ1v) is 13.6. The van der Waals surface area contributed by atoms with Gasteiger partial charge in [0.25, 0.3) is 0 Å². The van der Waals surface area contributed by atoms with Gasteiger partial charge in [0, 0.05) is 36.4 Å². The average Bonchev–Trinajstić information content (AvgIpc) is 3.28. The lowest BCUT2D eigenvalue weighted by molar-refractivity contribution is -0.144. The van der Waals surface area contributed by atoms with E-state index >= 15 is 0 Å². The van der Waals surface area contributed by atoms with E-state index in [0.717, 1.165) is 53.0 Å². The third-order valence-corrected chi connectivity index (χ3v) is 7.74. The molecule has 1 aromatic heterocycles. The number of ketones is 1. The molecule has 4 N–H and O–H groups in total. The van der Waals surface area contributed by atoms with Crippen LogP contribution in [0.2, 0.25) is 0 Å². The molecule has 2 heterocycles. The number of nitrogens with one attached hydrogen (secondary N) is 1. The smallest absolute Gasteiger partial charge is 0.323 e. The Hall–Kier alpha value is -4.37. The third kappa shape index (κ3) is 4.88. The van der Waals surface area contributed by atoms with Gasteiger partial charge in [-0.15, -0.1) is 0 Å². The van der Waals surface area contributed by atoms with Gasteiger partial charge in [0.1, 0.15) is 5.82 Å². The van der Waals surface area contributed by atoms with E-state index < -0.39 is 23.2 Å². The standard InChI is InChI=1S/C31H33N5O4/c1-3-4-8-26-33-23-17-22(28-19(2)16-27(37)34-35-28)13-14-24(23)36(26)18-20-9-11-21(12-10-20)29(38)31(30(39)40)15-6-5-7-25(31)32/h5-7,9-15,17,19,25H,3-4,8,16,18,32H2,1-2H3,(H,34,37)(H,39,40). The molecule has 1 aliphatic carbocycles. The minimum atomic E-state index is -1.83. The number of carbonyl (C=O) groups is 3. The zero-order valence-corrected chi connectivity index (χ0v) is 22.6. The molecule has 0 spiro atoms. The number of nitrogens with two attached hydrogens (primary N) is 1. The highest BCUT2D eigenvalue weighted by Crippen LogP contribution is 2.32. The second-order valence-corrected chi connectivity index (χ2v) is 10.5. The number of hydrogen-bond donors (Lipinski definition) is 3. The number of allylic oxidation sites excluding steroid dienone is 2. The third-order valence-electron chi connectivity index (χ3n) is 7.74. The number of Topliss-reactive ketones (excluding diaryl/α,β-unsaturated/α-hetero) is 1. The quantitative estimate of drug-likeness (QED) is 0.277. The average molecular weight is 540 g/mol. The van der Waals surface area contributed by atoms with Crippen LogP contribution in [-0.2, 0) is 22.6 Å². The molecule has 0 bridgehead atoms. The molecule has 206 valence electrons. The van der Waals surface area contributed by atoms with Crippen molar-refractivity contribution >= 4 is 34.4 Å². The van der Waals surface area contributed by atoms with Crippen molar-refractivity contribution in [3.63, 3.8) is 0 Å². The molecule has 0 saturated heterocycles. The second kappa shape index (κ2) is 11.0. The number of benzene rings is 2. The number of imidazole rings is 1. The molecule has 0 saturated carbocycles. The maximum absolute atomic E-state index is 13.4. The fourth-order valence-corrected chi connectivity index (χ4v) is 5.42. The Labute approximate surface area is 232 Å². The summed E-state index contributed by atoms with van der Waals surface area (Å²) in [6, 6.07) is 12.2. The number of aryl methyl sites for hydroxylation is 1. The number of aromatic nitrogens is 2. The lowest BCUT2D eigenvalue weighted by atomic mass is 9.72. The topological polar surface area (TPSA) is 140 Å². The minimum absolute atomic E-state index is 0.0176. The summed E-state index contributed by atoms with van der Waals surface area (Å²) in [6.45, 7) is 4.68. The highest BCUT2D eigenvalue weighted by Gasteiger charge is 2.49. The predicted octanol–water partition coefficient (Wildman–Crippen LogP) is 3.99. The molecule has 5 rings (SSSR count). The van der Waals surface area contributed by atoms with E-state index in [2.05, 4.69) is 22.0 Å². The Morgan fingerprint density at radius 3 is 2.62 bits per heavy atom. The van der Waals surface area contributed by atoms with Crippen LogP contribution in [0, 0.1) is 11.3 Å². The summed E-state index contributed by atoms with van der Waals surface area (Å²) in [7, 11) is 0. The van der Waals surface area contributed by atoms with Crippen LogP contribution in [-0.4, -0.2) is 44.1 Å². The molecule has 0 fully saturated rings. The first-order chi connectivity index (χ1) is 19.2. The molecule has 0 radical (unpaired) electrons. The van der Waals surface area contributed by atoms with Gasteiger partial charge in [-0.05, 0) is 24.1 Å². The zero-order chi connectivity index (χ0) is 28.4. The van der Waals surface area contributed by atoms with E-state index in [-0.39, 0.29) is 11.8 Å². The fraction of sp³-hybridized carbons (Fsp3) is 0.323. The van der Waals surface area contributed by atoms with E-state index in [9.17, 15) is 19.5 Å². The lowest BCUT2D eigenvalue weighted by Crippen LogP contribution is -2.51. The molecule has 9 nitrogen and oxygen atoms in total. The van der Waals surface area contributed by atoms with Crippen LogP contribution >= 0.6 is 0 Å². The summed E-state index contributed by atoms with van der Waals surface area (Å²) < 4.78 is 2.18. The minimum Gasteiger partial charge on any atom is -0.480 e. The number of aliphatic carboxylic acids is 1. The van der Waals surface area contributed by atoms with Crippen molar-refractivity contribution in [2.24, 2.45) is 22.2 Å². The number of amides is 1. The highest BCUT2D eigenvalue weighted by atomic mass is 16.4. The van der Waals surface area contributed by atoms with Crippen LogP contribution in [0.1, 0.15) is 60.4 Å². The van der Waals surface area contributed by atoms with Gasteiger partial charge >= 0.3 is 5.97 Å². The molecule has 40 heavy (non-hydrogen) atoms. The lowest BCUT2D eigenvalue weighted by Gasteiger charge is -2.30. The van der Waals surface area contributed by atoms with Crippen molar-refractivity contribution in [2.75, 3.05) is 0 Å². The van der Waals surface area contributed by atoms with Crippen LogP contribution in [0.25, 0.3) is 11.0 Å². The SMILES string of the molecule is CCCCc1nc2cc(C3=NNC(=O)CC3C)ccc2n1Cc1ccc(C(=O)C2(C(=O)O)C=CC=CC2N)cc1. The van der Waals surface area contributed by atoms with Gasteiger partial charge in [-0.1, -0.05) is 74.9 Å². The fourth-order valence-electron chi connectivity index (χ4n) is 5.42. The number of carboxylic acids is 1. The Morgan fingerprint density at radius 1 is 1.18 bits per heavy atom. The summed E-state index contributed by atoms with van der Waals surface area (Å²) in [6.07, 6.45) is 9.37. The van der Waals surface area contributed by atoms with Crippen molar-refractivity contribution in [1.29, 1.82) is 0 Å². The number of carboxylic acid groups (broad SMARTS) is 1. The number of unbranched alkanes of at least 4 members (excludes halogenated alkanes) is 1. The van der Waals surface area contributed by atoms with E-state index in [0.29, 0.717) is 18.5 Å². The van der Waals surface area contributed by atoms with Crippen molar-refractivity contribution < 1.29 is 19.5 Å². The first kappa shape index (κ1) is 27.2. The van der Waals surface area contributed by atoms with Crippen LogP contribution in [0.4, 0.5) is 0 Å². The zero-order valence-electron chi connectivity index (χ0n) is 22.6. The van der Waals surface area contributed by atoms with Crippen molar-refractivity contribution in [2.45, 2.75) is 52.1 Å². The molecule has 2 aliphatic rings. The van der Waals surface area contributed by atoms with Gasteiger partial charge in [-0.3, -0.25) is 14.4 Å². The molecular weight excluding hydrogens is 506 g/mol. The Kier molecular flexibility index (Phi) is 7.49. The molecule has 3 unspecified atom stereocenters. The molecule has 3 aromatic rings. The molecular formula is C31H33N5O4. The normalized spacial score (nSPS) is 22.3. The largest absolute Gasteiger partial charge is 0.480 e. The van der Waals surface area contributed by atoms with E-state index in [1.54, 1.807) is 24.3 Å². The van der Waals surface area contributed by atoms with Crippen molar-refractivity contribution in [3.05, 3.63) is 89.3 Å². The summed E-state index contributed by atoms with van der Waals surface area (Å²) in [5.74, 6) is -0.903. The van der Waals surface area contributed by atoms with Gasteiger partial charge in [-0.2, -0.15) is 5.10 Å². The molecule has 3 atom stereocenters. The van der Waals surface area contributed by atoms with E-state index in [4.69, 9.17) is 10.7 Å². The summed E-state index contributed by atoms with van der Waals surface area (Å²) in [5.41, 5.74) is 11.7. The van der Waals surface area contributed by atoms with Gasteiger partial charge < -0.3 is 15.4 Å². The molecule has 1 aliphatic heterocycles. The molecule has 9 heteroatoms. The van der Waals surface area contributed by atoms with Gasteiger partial charge in [0.2, 0.25) is 5.91 Å². The van der Waals surface area contributed by atoms with Crippen LogP contribution in [0.15, 0.2) is 71.9 Å². The number of rotatable bonds is 9. The Balaban J connectivity index is 1.45. The summed E-state index contributed by atoms with van der Waals surface area (Å²) in [5, 5.41) is 14.2. The Bertz CT molecular complexity index is 1570. The second-order valence-electron chi connectivity index (χ2n) is 10.5. The van der Waals surface area contributed by atoms with Crippen LogP contribution < -0.4 is 11.2 Å². The van der Waals surface area contributed by atoms with Gasteiger partial charge in [0.05, 0.1) is 22.8 Å². The van der Waals surface area contributed by atoms with E-state index in [1.807, 2.05) is 37.3 Å². The maximum Gasteiger partial charge on any atom is 0.323 e. The van der Waals surface area contributed by atoms with Gasteiger partial charge in [0.15, 0.2) is 11.2 Å². The predicted molar refractivity (Wildman–Crippen MR) is 153 cm³/mol.